The number of carboxylic acid groups (broad SMARTS) is 1. The quantitative estimate of drug-likeness (QED) is 0.286. The van der Waals surface area contributed by atoms with Crippen LogP contribution in [0.2, 0.25) is 0 Å². The maximum Gasteiger partial charge on any atom is 0.333 e. The minimum Gasteiger partial charge on any atom is -0.478 e. The molecule has 3 aliphatic rings. The van der Waals surface area contributed by atoms with E-state index in [9.17, 15) is 19.2 Å². The Morgan fingerprint density at radius 1 is 1.28 bits per heavy atom. The van der Waals surface area contributed by atoms with E-state index in [4.69, 9.17) is 19.3 Å². The van der Waals surface area contributed by atoms with E-state index < -0.39 is 40.5 Å². The molecule has 0 radical (unpaired) electrons. The first-order valence-corrected chi connectivity index (χ1v) is 10.9. The van der Waals surface area contributed by atoms with Crippen molar-refractivity contribution < 1.29 is 38.5 Å². The van der Waals surface area contributed by atoms with E-state index >= 15 is 0 Å². The summed E-state index contributed by atoms with van der Waals surface area (Å²) < 4.78 is 17.1. The highest BCUT2D eigenvalue weighted by Crippen LogP contribution is 2.65. The molecule has 2 bridgehead atoms. The highest BCUT2D eigenvalue weighted by atomic mass is 16.6. The van der Waals surface area contributed by atoms with Crippen LogP contribution in [0.25, 0.3) is 0 Å². The molecule has 1 saturated carbocycles. The fourth-order valence-corrected chi connectivity index (χ4v) is 5.54. The van der Waals surface area contributed by atoms with Crippen LogP contribution in [-0.4, -0.2) is 46.8 Å². The van der Waals surface area contributed by atoms with Gasteiger partial charge in [-0.3, -0.25) is 9.59 Å². The van der Waals surface area contributed by atoms with E-state index in [1.165, 1.54) is 19.9 Å². The molecule has 3 rings (SSSR count). The molecular formula is C24H30O8. The van der Waals surface area contributed by atoms with Crippen molar-refractivity contribution in [2.75, 3.05) is 6.61 Å². The molecule has 0 aromatic rings. The topological polar surface area (TPSA) is 116 Å². The average molecular weight is 446 g/mol. The molecule has 1 N–H and O–H groups in total. The van der Waals surface area contributed by atoms with Gasteiger partial charge in [-0.2, -0.15) is 0 Å². The molecule has 0 amide bonds. The largest absolute Gasteiger partial charge is 0.478 e. The van der Waals surface area contributed by atoms with Crippen LogP contribution < -0.4 is 0 Å². The van der Waals surface area contributed by atoms with E-state index in [0.717, 1.165) is 0 Å². The monoisotopic (exact) mass is 446 g/mol. The first kappa shape index (κ1) is 23.8. The van der Waals surface area contributed by atoms with Gasteiger partial charge in [0.2, 0.25) is 0 Å². The van der Waals surface area contributed by atoms with Gasteiger partial charge in [0.05, 0.1) is 6.61 Å². The van der Waals surface area contributed by atoms with Crippen LogP contribution >= 0.6 is 0 Å². The van der Waals surface area contributed by atoms with Gasteiger partial charge in [-0.15, -0.1) is 0 Å². The fraction of sp³-hybridized carbons (Fsp3) is 0.583. The lowest BCUT2D eigenvalue weighted by Crippen LogP contribution is -2.65. The van der Waals surface area contributed by atoms with Gasteiger partial charge < -0.3 is 19.3 Å². The number of carboxylic acids is 1. The molecule has 4 unspecified atom stereocenters. The SMILES string of the molecule is CCOC(=O)C1=CCC23CCC(C(C)(/C=C/C=C(\C)C(=O)O)OC2=O)C3(OC(C)=O)CC1. The van der Waals surface area contributed by atoms with Crippen molar-refractivity contribution >= 4 is 23.9 Å². The van der Waals surface area contributed by atoms with E-state index in [1.807, 2.05) is 0 Å². The number of aliphatic carboxylic acids is 1. The second kappa shape index (κ2) is 8.56. The minimum atomic E-state index is -1.14. The maximum absolute atomic E-state index is 13.5. The van der Waals surface area contributed by atoms with Gasteiger partial charge in [0.25, 0.3) is 0 Å². The predicted octanol–water partition coefficient (Wildman–Crippen LogP) is 3.26. The number of hydrogen-bond donors (Lipinski definition) is 1. The lowest BCUT2D eigenvalue weighted by molar-refractivity contribution is -0.235. The zero-order valence-corrected chi connectivity index (χ0v) is 18.9. The molecular weight excluding hydrogens is 416 g/mol. The van der Waals surface area contributed by atoms with Crippen molar-refractivity contribution in [1.29, 1.82) is 0 Å². The van der Waals surface area contributed by atoms with Crippen molar-refractivity contribution in [3.05, 3.63) is 35.5 Å². The number of allylic oxidation sites excluding steroid dienone is 3. The normalized spacial score (nSPS) is 34.2. The first-order valence-electron chi connectivity index (χ1n) is 10.9. The Morgan fingerprint density at radius 3 is 2.62 bits per heavy atom. The summed E-state index contributed by atoms with van der Waals surface area (Å²) in [4.78, 5) is 49.2. The summed E-state index contributed by atoms with van der Waals surface area (Å²) in [5.41, 5.74) is -2.70. The van der Waals surface area contributed by atoms with Crippen LogP contribution in [0, 0.1) is 11.3 Å². The zero-order valence-electron chi connectivity index (χ0n) is 18.9. The Balaban J connectivity index is 2.05. The Hall–Kier alpha value is -2.90. The lowest BCUT2D eigenvalue weighted by Gasteiger charge is -2.54. The van der Waals surface area contributed by atoms with Crippen LogP contribution in [0.1, 0.15) is 59.8 Å². The summed E-state index contributed by atoms with van der Waals surface area (Å²) in [6, 6.07) is 0. The summed E-state index contributed by atoms with van der Waals surface area (Å²) in [7, 11) is 0. The molecule has 2 aliphatic carbocycles. The molecule has 0 aromatic heterocycles. The van der Waals surface area contributed by atoms with Gasteiger partial charge in [-0.25, -0.2) is 9.59 Å². The third-order valence-electron chi connectivity index (χ3n) is 7.06. The van der Waals surface area contributed by atoms with Gasteiger partial charge in [0.1, 0.15) is 16.6 Å². The van der Waals surface area contributed by atoms with Gasteiger partial charge in [-0.1, -0.05) is 18.2 Å². The summed E-state index contributed by atoms with van der Waals surface area (Å²) in [6.07, 6.45) is 8.26. The predicted molar refractivity (Wildman–Crippen MR) is 113 cm³/mol. The number of hydrogen-bond acceptors (Lipinski definition) is 7. The summed E-state index contributed by atoms with van der Waals surface area (Å²) >= 11 is 0. The standard InChI is InChI=1S/C24H30O8/c1-5-30-20(28)17-8-12-23-13-10-18(24(23,14-9-17)31-16(3)25)22(4,32-21(23)29)11-6-7-15(2)19(26)27/h6-8,11,18H,5,9-10,12-14H2,1-4H3,(H,26,27)/b11-6+,15-7+. The Kier molecular flexibility index (Phi) is 6.36. The van der Waals surface area contributed by atoms with E-state index in [1.54, 1.807) is 32.1 Å². The van der Waals surface area contributed by atoms with E-state index in [2.05, 4.69) is 0 Å². The van der Waals surface area contributed by atoms with Crippen molar-refractivity contribution in [2.24, 2.45) is 11.3 Å². The molecule has 1 heterocycles. The van der Waals surface area contributed by atoms with Crippen LogP contribution in [0.5, 0.6) is 0 Å². The lowest BCUT2D eigenvalue weighted by atomic mass is 9.62. The van der Waals surface area contributed by atoms with Crippen molar-refractivity contribution in [2.45, 2.75) is 71.0 Å². The third kappa shape index (κ3) is 3.76. The molecule has 4 atom stereocenters. The number of ether oxygens (including phenoxy) is 3. The zero-order chi connectivity index (χ0) is 23.7. The van der Waals surface area contributed by atoms with Gasteiger partial charge in [-0.05, 0) is 59.0 Å². The van der Waals surface area contributed by atoms with E-state index in [-0.39, 0.29) is 24.5 Å². The van der Waals surface area contributed by atoms with Crippen LogP contribution in [0.4, 0.5) is 0 Å². The Labute approximate surface area is 187 Å². The molecule has 174 valence electrons. The summed E-state index contributed by atoms with van der Waals surface area (Å²) in [5.74, 6) is -2.79. The first-order chi connectivity index (χ1) is 15.0. The molecule has 8 heteroatoms. The molecule has 8 nitrogen and oxygen atoms in total. The second-order valence-electron chi connectivity index (χ2n) is 8.90. The van der Waals surface area contributed by atoms with Gasteiger partial charge >= 0.3 is 23.9 Å². The fourth-order valence-electron chi connectivity index (χ4n) is 5.54. The summed E-state index contributed by atoms with van der Waals surface area (Å²) in [5, 5.41) is 9.07. The Morgan fingerprint density at radius 2 is 2.00 bits per heavy atom. The van der Waals surface area contributed by atoms with Crippen molar-refractivity contribution in [1.82, 2.24) is 0 Å². The molecule has 2 fully saturated rings. The van der Waals surface area contributed by atoms with Crippen molar-refractivity contribution in [3.63, 3.8) is 0 Å². The Bertz CT molecular complexity index is 928. The third-order valence-corrected chi connectivity index (χ3v) is 7.06. The number of esters is 3. The number of cyclic esters (lactones) is 1. The summed E-state index contributed by atoms with van der Waals surface area (Å²) in [6.45, 7) is 6.51. The molecule has 0 spiro atoms. The highest BCUT2D eigenvalue weighted by Gasteiger charge is 2.74. The molecule has 32 heavy (non-hydrogen) atoms. The molecule has 1 aliphatic heterocycles. The van der Waals surface area contributed by atoms with Crippen LogP contribution in [-0.2, 0) is 33.4 Å². The smallest absolute Gasteiger partial charge is 0.333 e. The van der Waals surface area contributed by atoms with Gasteiger partial charge in [0, 0.05) is 24.0 Å². The molecule has 0 aromatic carbocycles. The van der Waals surface area contributed by atoms with Crippen LogP contribution in [0.15, 0.2) is 35.5 Å². The van der Waals surface area contributed by atoms with Crippen molar-refractivity contribution in [3.8, 4) is 0 Å². The average Bonchev–Trinajstić information content (AvgIpc) is 2.84. The van der Waals surface area contributed by atoms with Gasteiger partial charge in [0.15, 0.2) is 0 Å². The number of carbonyl (C=O) groups excluding carboxylic acids is 3. The second-order valence-corrected chi connectivity index (χ2v) is 8.90. The number of rotatable bonds is 6. The van der Waals surface area contributed by atoms with E-state index in [0.29, 0.717) is 31.3 Å². The van der Waals surface area contributed by atoms with Crippen LogP contribution in [0.3, 0.4) is 0 Å². The number of carbonyl (C=O) groups is 4. The highest BCUT2D eigenvalue weighted by molar-refractivity contribution is 5.90. The maximum atomic E-state index is 13.5. The minimum absolute atomic E-state index is 0.139. The molecule has 1 saturated heterocycles.